The van der Waals surface area contributed by atoms with E-state index in [9.17, 15) is 14.9 Å². The lowest BCUT2D eigenvalue weighted by atomic mass is 10.1. The van der Waals surface area contributed by atoms with E-state index in [1.807, 2.05) is 43.0 Å². The number of carbonyl (C=O) groups is 2. The maximum atomic E-state index is 12.2. The van der Waals surface area contributed by atoms with Crippen molar-refractivity contribution in [2.24, 2.45) is 0 Å². The molecule has 0 spiro atoms. The largest absolute Gasteiger partial charge is 0.390 e. The quantitative estimate of drug-likeness (QED) is 0.453. The minimum Gasteiger partial charge on any atom is -0.390 e. The third-order valence-electron chi connectivity index (χ3n) is 4.38. The van der Waals surface area contributed by atoms with Crippen molar-refractivity contribution in [3.8, 4) is 6.07 Å². The molecule has 25 heavy (non-hydrogen) atoms. The van der Waals surface area contributed by atoms with Crippen molar-refractivity contribution in [2.75, 3.05) is 25.0 Å². The van der Waals surface area contributed by atoms with Crippen molar-refractivity contribution in [1.29, 1.82) is 5.26 Å². The van der Waals surface area contributed by atoms with Crippen LogP contribution in [0.15, 0.2) is 30.0 Å². The smallest absolute Gasteiger partial charge is 0.267 e. The molecule has 0 bridgehead atoms. The molecule has 1 aliphatic rings. The van der Waals surface area contributed by atoms with Gasteiger partial charge in [-0.05, 0) is 43.9 Å². The van der Waals surface area contributed by atoms with Crippen LogP contribution in [0.3, 0.4) is 0 Å². The SMILES string of the molecule is Cc1cccc(NC(=O)/C(C#N)=C\NCCCN2CCCC2=O)c1C. The number of aryl methyl sites for hydroxylation is 1. The van der Waals surface area contributed by atoms with Crippen molar-refractivity contribution < 1.29 is 9.59 Å². The van der Waals surface area contributed by atoms with E-state index in [4.69, 9.17) is 0 Å². The van der Waals surface area contributed by atoms with E-state index in [0.29, 0.717) is 25.2 Å². The number of nitrogens with one attached hydrogen (secondary N) is 2. The molecule has 1 aliphatic heterocycles. The van der Waals surface area contributed by atoms with Crippen LogP contribution >= 0.6 is 0 Å². The molecule has 1 aromatic rings. The Hall–Kier alpha value is -2.81. The summed E-state index contributed by atoms with van der Waals surface area (Å²) in [6.07, 6.45) is 3.79. The van der Waals surface area contributed by atoms with E-state index in [0.717, 1.165) is 30.5 Å². The van der Waals surface area contributed by atoms with Crippen molar-refractivity contribution in [1.82, 2.24) is 10.2 Å². The Labute approximate surface area is 148 Å². The van der Waals surface area contributed by atoms with Gasteiger partial charge in [-0.3, -0.25) is 9.59 Å². The van der Waals surface area contributed by atoms with Gasteiger partial charge in [-0.2, -0.15) is 5.26 Å². The maximum absolute atomic E-state index is 12.2. The average molecular weight is 340 g/mol. The van der Waals surface area contributed by atoms with Crippen LogP contribution in [0.25, 0.3) is 0 Å². The van der Waals surface area contributed by atoms with Gasteiger partial charge in [0.2, 0.25) is 5.91 Å². The Balaban J connectivity index is 1.82. The second-order valence-corrected chi connectivity index (χ2v) is 6.16. The van der Waals surface area contributed by atoms with Crippen LogP contribution in [-0.4, -0.2) is 36.3 Å². The Morgan fingerprint density at radius 3 is 2.88 bits per heavy atom. The summed E-state index contributed by atoms with van der Waals surface area (Å²) in [5.41, 5.74) is 2.79. The number of carbonyl (C=O) groups excluding carboxylic acids is 2. The highest BCUT2D eigenvalue weighted by molar-refractivity contribution is 6.06. The van der Waals surface area contributed by atoms with E-state index < -0.39 is 5.91 Å². The van der Waals surface area contributed by atoms with Gasteiger partial charge in [0.25, 0.3) is 5.91 Å². The molecule has 0 aliphatic carbocycles. The predicted molar refractivity (Wildman–Crippen MR) is 96.7 cm³/mol. The topological polar surface area (TPSA) is 85.2 Å². The summed E-state index contributed by atoms with van der Waals surface area (Å²) in [4.78, 5) is 25.6. The molecule has 2 rings (SSSR count). The van der Waals surface area contributed by atoms with Crippen LogP contribution in [0.5, 0.6) is 0 Å². The highest BCUT2D eigenvalue weighted by Gasteiger charge is 2.18. The van der Waals surface area contributed by atoms with E-state index in [-0.39, 0.29) is 11.5 Å². The zero-order valence-electron chi connectivity index (χ0n) is 14.8. The van der Waals surface area contributed by atoms with E-state index >= 15 is 0 Å². The molecule has 1 heterocycles. The first-order chi connectivity index (χ1) is 12.0. The number of amides is 2. The van der Waals surface area contributed by atoms with Gasteiger partial charge in [-0.15, -0.1) is 0 Å². The number of rotatable bonds is 7. The molecule has 0 atom stereocenters. The fourth-order valence-electron chi connectivity index (χ4n) is 2.71. The first-order valence-corrected chi connectivity index (χ1v) is 8.52. The minimum atomic E-state index is -0.432. The number of likely N-dealkylation sites (tertiary alicyclic amines) is 1. The Morgan fingerprint density at radius 1 is 1.40 bits per heavy atom. The van der Waals surface area contributed by atoms with E-state index in [1.54, 1.807) is 0 Å². The number of nitriles is 1. The highest BCUT2D eigenvalue weighted by Crippen LogP contribution is 2.18. The maximum Gasteiger partial charge on any atom is 0.267 e. The van der Waals surface area contributed by atoms with Gasteiger partial charge in [0.1, 0.15) is 11.6 Å². The Bertz CT molecular complexity index is 719. The van der Waals surface area contributed by atoms with E-state index in [1.165, 1.54) is 6.20 Å². The third kappa shape index (κ3) is 5.08. The molecule has 6 heteroatoms. The van der Waals surface area contributed by atoms with E-state index in [2.05, 4.69) is 10.6 Å². The second-order valence-electron chi connectivity index (χ2n) is 6.16. The van der Waals surface area contributed by atoms with Crippen molar-refractivity contribution in [3.05, 3.63) is 41.1 Å². The van der Waals surface area contributed by atoms with Gasteiger partial charge in [-0.1, -0.05) is 12.1 Å². The lowest BCUT2D eigenvalue weighted by Crippen LogP contribution is -2.27. The standard InChI is InChI=1S/C19H24N4O2/c1-14-6-3-7-17(15(14)2)22-19(25)16(12-20)13-21-9-5-11-23-10-4-8-18(23)24/h3,6-7,13,21H,4-5,8-11H2,1-2H3,(H,22,25)/b16-13-. The summed E-state index contributed by atoms with van der Waals surface area (Å²) in [6.45, 7) is 6.04. The fraction of sp³-hybridized carbons (Fsp3) is 0.421. The summed E-state index contributed by atoms with van der Waals surface area (Å²) in [5.74, 6) is -0.223. The normalized spacial score (nSPS) is 14.4. The van der Waals surface area contributed by atoms with Crippen molar-refractivity contribution >= 4 is 17.5 Å². The molecule has 0 aromatic heterocycles. The summed E-state index contributed by atoms with van der Waals surface area (Å²) in [6, 6.07) is 7.57. The van der Waals surface area contributed by atoms with Crippen LogP contribution in [0.4, 0.5) is 5.69 Å². The lowest BCUT2D eigenvalue weighted by molar-refractivity contribution is -0.127. The fourth-order valence-corrected chi connectivity index (χ4v) is 2.71. The molecule has 132 valence electrons. The highest BCUT2D eigenvalue weighted by atomic mass is 16.2. The van der Waals surface area contributed by atoms with Crippen LogP contribution in [0.2, 0.25) is 0 Å². The molecular formula is C19H24N4O2. The molecular weight excluding hydrogens is 316 g/mol. The van der Waals surface area contributed by atoms with Gasteiger partial charge in [0.05, 0.1) is 0 Å². The average Bonchev–Trinajstić information content (AvgIpc) is 3.00. The van der Waals surface area contributed by atoms with Crippen LogP contribution in [-0.2, 0) is 9.59 Å². The summed E-state index contributed by atoms with van der Waals surface area (Å²) < 4.78 is 0. The van der Waals surface area contributed by atoms with Gasteiger partial charge >= 0.3 is 0 Å². The molecule has 2 amide bonds. The first kappa shape index (κ1) is 18.5. The number of anilines is 1. The monoisotopic (exact) mass is 340 g/mol. The van der Waals surface area contributed by atoms with Gasteiger partial charge in [0, 0.05) is 37.9 Å². The molecule has 0 radical (unpaired) electrons. The molecule has 0 saturated carbocycles. The van der Waals surface area contributed by atoms with Gasteiger partial charge < -0.3 is 15.5 Å². The number of benzene rings is 1. The molecule has 1 saturated heterocycles. The number of hydrogen-bond donors (Lipinski definition) is 2. The second kappa shape index (κ2) is 8.88. The summed E-state index contributed by atoms with van der Waals surface area (Å²) in [7, 11) is 0. The molecule has 1 fully saturated rings. The zero-order valence-corrected chi connectivity index (χ0v) is 14.8. The Kier molecular flexibility index (Phi) is 6.58. The lowest BCUT2D eigenvalue weighted by Gasteiger charge is -2.15. The molecule has 2 N–H and O–H groups in total. The van der Waals surface area contributed by atoms with Crippen LogP contribution < -0.4 is 10.6 Å². The predicted octanol–water partition coefficient (Wildman–Crippen LogP) is 2.25. The van der Waals surface area contributed by atoms with Gasteiger partial charge in [0.15, 0.2) is 0 Å². The molecule has 6 nitrogen and oxygen atoms in total. The molecule has 0 unspecified atom stereocenters. The third-order valence-corrected chi connectivity index (χ3v) is 4.38. The van der Waals surface area contributed by atoms with Crippen molar-refractivity contribution in [3.63, 3.8) is 0 Å². The molecule has 1 aromatic carbocycles. The van der Waals surface area contributed by atoms with Crippen LogP contribution in [0, 0.1) is 25.2 Å². The van der Waals surface area contributed by atoms with Crippen LogP contribution in [0.1, 0.15) is 30.4 Å². The number of hydrogen-bond acceptors (Lipinski definition) is 4. The Morgan fingerprint density at radius 2 is 2.20 bits per heavy atom. The minimum absolute atomic E-state index is 0.0261. The first-order valence-electron chi connectivity index (χ1n) is 8.52. The number of nitrogens with zero attached hydrogens (tertiary/aromatic N) is 2. The summed E-state index contributed by atoms with van der Waals surface area (Å²) in [5, 5.41) is 14.9. The summed E-state index contributed by atoms with van der Waals surface area (Å²) >= 11 is 0. The zero-order chi connectivity index (χ0) is 18.2. The van der Waals surface area contributed by atoms with Gasteiger partial charge in [-0.25, -0.2) is 0 Å². The van der Waals surface area contributed by atoms with Crippen molar-refractivity contribution in [2.45, 2.75) is 33.1 Å².